The van der Waals surface area contributed by atoms with E-state index in [-0.39, 0.29) is 6.61 Å². The molecule has 3 nitrogen and oxygen atoms in total. The maximum atomic E-state index is 9.11. The van der Waals surface area contributed by atoms with Crippen LogP contribution in [-0.4, -0.2) is 17.4 Å². The summed E-state index contributed by atoms with van der Waals surface area (Å²) in [6, 6.07) is 14.5. The van der Waals surface area contributed by atoms with Gasteiger partial charge in [0.25, 0.3) is 0 Å². The van der Waals surface area contributed by atoms with Gasteiger partial charge in [0.05, 0.1) is 12.3 Å². The minimum Gasteiger partial charge on any atom is -0.393 e. The van der Waals surface area contributed by atoms with E-state index in [1.54, 1.807) is 11.8 Å². The molecular weight excluding hydrogens is 328 g/mol. The van der Waals surface area contributed by atoms with Gasteiger partial charge in [-0.3, -0.25) is 0 Å². The molecule has 0 unspecified atom stereocenters. The first-order valence-electron chi connectivity index (χ1n) is 7.67. The topological polar surface area (TPSA) is 72.3 Å². The molecule has 0 spiro atoms. The van der Waals surface area contributed by atoms with E-state index in [9.17, 15) is 0 Å². The lowest BCUT2D eigenvalue weighted by atomic mass is 10.0. The highest BCUT2D eigenvalue weighted by Gasteiger charge is 2.18. The van der Waals surface area contributed by atoms with Crippen LogP contribution in [0.3, 0.4) is 0 Å². The van der Waals surface area contributed by atoms with Gasteiger partial charge < -0.3 is 16.6 Å². The Bertz CT molecular complexity index is 661. The van der Waals surface area contributed by atoms with E-state index in [1.807, 2.05) is 12.1 Å². The normalized spacial score (nSPS) is 11.7. The van der Waals surface area contributed by atoms with Crippen molar-refractivity contribution in [3.8, 4) is 0 Å². The summed E-state index contributed by atoms with van der Waals surface area (Å²) in [6.07, 6.45) is 2.15. The summed E-state index contributed by atoms with van der Waals surface area (Å²) in [6.45, 7) is 1.91. The highest BCUT2D eigenvalue weighted by molar-refractivity contribution is 7.99. The Balaban J connectivity index is 2.06. The van der Waals surface area contributed by atoms with Crippen LogP contribution < -0.4 is 11.5 Å². The van der Waals surface area contributed by atoms with E-state index in [4.69, 9.17) is 28.2 Å². The summed E-state index contributed by atoms with van der Waals surface area (Å²) in [4.78, 5) is 2.30. The van der Waals surface area contributed by atoms with Crippen LogP contribution in [-0.2, 0) is 12.8 Å². The van der Waals surface area contributed by atoms with Gasteiger partial charge in [-0.05, 0) is 54.7 Å². The number of aliphatic hydroxyl groups excluding tert-OH is 1. The highest BCUT2D eigenvalue weighted by Crippen LogP contribution is 2.32. The monoisotopic (exact) mass is 350 g/mol. The molecule has 0 aliphatic heterocycles. The van der Waals surface area contributed by atoms with E-state index in [2.05, 4.69) is 37.3 Å². The van der Waals surface area contributed by atoms with Gasteiger partial charge in [0.2, 0.25) is 0 Å². The van der Waals surface area contributed by atoms with Gasteiger partial charge in [0.15, 0.2) is 0 Å². The molecule has 0 aromatic heterocycles. The summed E-state index contributed by atoms with van der Waals surface area (Å²) in [5.41, 5.74) is 12.8. The summed E-state index contributed by atoms with van der Waals surface area (Å²) < 4.78 is 0. The first-order valence-corrected chi connectivity index (χ1v) is 8.87. The minimum absolute atomic E-state index is 0.244. The maximum absolute atomic E-state index is 9.11. The predicted octanol–water partition coefficient (Wildman–Crippen LogP) is 3.59. The number of aryl methyl sites for hydroxylation is 2. The predicted molar refractivity (Wildman–Crippen MR) is 97.9 cm³/mol. The van der Waals surface area contributed by atoms with Crippen LogP contribution in [0.25, 0.3) is 0 Å². The quantitative estimate of drug-likeness (QED) is 0.667. The van der Waals surface area contributed by atoms with Crippen molar-refractivity contribution in [3.05, 3.63) is 58.6 Å². The number of hydrogen-bond acceptors (Lipinski definition) is 4. The van der Waals surface area contributed by atoms with Gasteiger partial charge >= 0.3 is 0 Å². The molecule has 0 heterocycles. The Morgan fingerprint density at radius 1 is 1.13 bits per heavy atom. The van der Waals surface area contributed by atoms with E-state index in [0.717, 1.165) is 16.9 Å². The molecular formula is C18H23ClN2OS. The SMILES string of the molecule is CCc1cccc(Sc2ccc(CCC(N)(N)CO)c(Cl)c2)c1. The second-order valence-electron chi connectivity index (χ2n) is 5.75. The zero-order valence-corrected chi connectivity index (χ0v) is 14.8. The van der Waals surface area contributed by atoms with Crippen molar-refractivity contribution in [1.82, 2.24) is 0 Å². The fraction of sp³-hybridized carbons (Fsp3) is 0.333. The molecule has 2 rings (SSSR count). The number of rotatable bonds is 7. The van der Waals surface area contributed by atoms with Crippen molar-refractivity contribution >= 4 is 23.4 Å². The zero-order valence-electron chi connectivity index (χ0n) is 13.3. The second-order valence-corrected chi connectivity index (χ2v) is 7.30. The van der Waals surface area contributed by atoms with Crippen LogP contribution in [0.2, 0.25) is 5.02 Å². The standard InChI is InChI=1S/C18H23ClN2OS/c1-2-13-4-3-5-15(10-13)23-16-7-6-14(17(19)11-16)8-9-18(20,21)12-22/h3-7,10-11,22H,2,8-9,12,20-21H2,1H3. The Morgan fingerprint density at radius 3 is 2.52 bits per heavy atom. The molecule has 5 heteroatoms. The average Bonchev–Trinajstić information content (AvgIpc) is 2.54. The number of aliphatic hydroxyl groups is 1. The molecule has 0 radical (unpaired) electrons. The van der Waals surface area contributed by atoms with Gasteiger partial charge in [0, 0.05) is 14.8 Å². The highest BCUT2D eigenvalue weighted by atomic mass is 35.5. The van der Waals surface area contributed by atoms with Crippen LogP contribution in [0.5, 0.6) is 0 Å². The molecule has 0 aliphatic rings. The van der Waals surface area contributed by atoms with Crippen molar-refractivity contribution in [3.63, 3.8) is 0 Å². The lowest BCUT2D eigenvalue weighted by molar-refractivity contribution is 0.192. The molecule has 2 aromatic rings. The molecule has 0 amide bonds. The Kier molecular flexibility index (Phi) is 6.50. The van der Waals surface area contributed by atoms with Gasteiger partial charge in [-0.15, -0.1) is 0 Å². The molecule has 0 saturated heterocycles. The van der Waals surface area contributed by atoms with Crippen molar-refractivity contribution in [2.24, 2.45) is 11.5 Å². The Morgan fingerprint density at radius 2 is 1.87 bits per heavy atom. The third kappa shape index (κ3) is 5.52. The molecule has 0 atom stereocenters. The van der Waals surface area contributed by atoms with E-state index < -0.39 is 5.66 Å². The largest absolute Gasteiger partial charge is 0.393 e. The van der Waals surface area contributed by atoms with Crippen molar-refractivity contribution in [2.75, 3.05) is 6.61 Å². The lowest BCUT2D eigenvalue weighted by Gasteiger charge is -2.21. The zero-order chi connectivity index (χ0) is 16.9. The number of nitrogens with two attached hydrogens (primary N) is 2. The first kappa shape index (κ1) is 18.3. The van der Waals surface area contributed by atoms with Crippen LogP contribution in [0, 0.1) is 0 Å². The summed E-state index contributed by atoms with van der Waals surface area (Å²) in [7, 11) is 0. The third-order valence-electron chi connectivity index (χ3n) is 3.72. The molecule has 124 valence electrons. The fourth-order valence-electron chi connectivity index (χ4n) is 2.21. The number of benzene rings is 2. The maximum Gasteiger partial charge on any atom is 0.0877 e. The third-order valence-corrected chi connectivity index (χ3v) is 5.05. The molecule has 0 fully saturated rings. The lowest BCUT2D eigenvalue weighted by Crippen LogP contribution is -2.52. The van der Waals surface area contributed by atoms with Gasteiger partial charge in [-0.25, -0.2) is 0 Å². The van der Waals surface area contributed by atoms with Crippen LogP contribution >= 0.6 is 23.4 Å². The molecule has 23 heavy (non-hydrogen) atoms. The smallest absolute Gasteiger partial charge is 0.0877 e. The molecule has 0 bridgehead atoms. The van der Waals surface area contributed by atoms with E-state index in [1.165, 1.54) is 10.5 Å². The summed E-state index contributed by atoms with van der Waals surface area (Å²) >= 11 is 8.06. The first-order chi connectivity index (χ1) is 10.9. The van der Waals surface area contributed by atoms with Crippen molar-refractivity contribution < 1.29 is 5.11 Å². The van der Waals surface area contributed by atoms with Crippen molar-refractivity contribution in [1.29, 1.82) is 0 Å². The van der Waals surface area contributed by atoms with Crippen molar-refractivity contribution in [2.45, 2.75) is 41.6 Å². The van der Waals surface area contributed by atoms with E-state index >= 15 is 0 Å². The average molecular weight is 351 g/mol. The molecule has 0 saturated carbocycles. The van der Waals surface area contributed by atoms with Gasteiger partial charge in [0.1, 0.15) is 0 Å². The molecule has 5 N–H and O–H groups in total. The Labute approximate surface area is 147 Å². The van der Waals surface area contributed by atoms with Gasteiger partial charge in [-0.2, -0.15) is 0 Å². The Hall–Kier alpha value is -1.04. The van der Waals surface area contributed by atoms with Crippen LogP contribution in [0.15, 0.2) is 52.3 Å². The fourth-order valence-corrected chi connectivity index (χ4v) is 3.49. The minimum atomic E-state index is -1.06. The summed E-state index contributed by atoms with van der Waals surface area (Å²) in [5.74, 6) is 0. The number of hydrogen-bond donors (Lipinski definition) is 3. The van der Waals surface area contributed by atoms with E-state index in [0.29, 0.717) is 17.9 Å². The van der Waals surface area contributed by atoms with Crippen LogP contribution in [0.1, 0.15) is 24.5 Å². The second kappa shape index (κ2) is 8.18. The molecule has 2 aromatic carbocycles. The molecule has 0 aliphatic carbocycles. The number of halogens is 1. The summed E-state index contributed by atoms with van der Waals surface area (Å²) in [5, 5.41) is 9.81. The van der Waals surface area contributed by atoms with Gasteiger partial charge in [-0.1, -0.05) is 48.5 Å². The van der Waals surface area contributed by atoms with Crippen LogP contribution in [0.4, 0.5) is 0 Å².